The Hall–Kier alpha value is -2.51. The second-order valence-electron chi connectivity index (χ2n) is 5.97. The van der Waals surface area contributed by atoms with Gasteiger partial charge in [-0.05, 0) is 56.1 Å². The molecule has 0 saturated carbocycles. The second-order valence-corrected chi connectivity index (χ2v) is 5.97. The molecule has 0 aliphatic rings. The summed E-state index contributed by atoms with van der Waals surface area (Å²) in [5.41, 5.74) is 0.400. The average molecular weight is 399 g/mol. The number of carbonyl (C=O) groups is 2. The summed E-state index contributed by atoms with van der Waals surface area (Å²) in [4.78, 5) is 26.2. The van der Waals surface area contributed by atoms with Crippen molar-refractivity contribution in [3.8, 4) is 11.1 Å². The summed E-state index contributed by atoms with van der Waals surface area (Å²) >= 11 is 0. The first kappa shape index (κ1) is 22.5. The van der Waals surface area contributed by atoms with Crippen molar-refractivity contribution in [1.82, 2.24) is 10.2 Å². The Balaban J connectivity index is 0.00000364. The number of nitrogens with zero attached hydrogens (tertiary/aromatic N) is 1. The molecule has 1 N–H and O–H groups in total. The lowest BCUT2D eigenvalue weighted by Crippen LogP contribution is -2.31. The second kappa shape index (κ2) is 9.99. The van der Waals surface area contributed by atoms with E-state index in [0.717, 1.165) is 18.2 Å². The Labute approximate surface area is 162 Å². The van der Waals surface area contributed by atoms with E-state index in [1.807, 2.05) is 19.0 Å². The van der Waals surface area contributed by atoms with E-state index in [0.29, 0.717) is 13.1 Å². The van der Waals surface area contributed by atoms with Gasteiger partial charge in [0, 0.05) is 24.2 Å². The first-order valence-corrected chi connectivity index (χ1v) is 7.93. The Kier molecular flexibility index (Phi) is 8.33. The van der Waals surface area contributed by atoms with E-state index in [1.165, 1.54) is 25.3 Å². The van der Waals surface area contributed by atoms with Crippen molar-refractivity contribution in [2.45, 2.75) is 0 Å². The quantitative estimate of drug-likeness (QED) is 0.759. The number of carbonyl (C=O) groups excluding carboxylic acids is 2. The van der Waals surface area contributed by atoms with Gasteiger partial charge < -0.3 is 15.0 Å². The SMILES string of the molecule is COC(=O)c1cc(C(=O)NCCN(C)C)cc(-c2cc(F)ccc2F)c1.Cl. The minimum absolute atomic E-state index is 0. The van der Waals surface area contributed by atoms with Gasteiger partial charge in [-0.1, -0.05) is 0 Å². The Morgan fingerprint density at radius 2 is 1.74 bits per heavy atom. The Morgan fingerprint density at radius 1 is 1.07 bits per heavy atom. The van der Waals surface area contributed by atoms with Crippen molar-refractivity contribution in [2.24, 2.45) is 0 Å². The molecular formula is C19H21ClF2N2O3. The zero-order valence-electron chi connectivity index (χ0n) is 15.2. The molecule has 2 aromatic carbocycles. The number of hydrogen-bond acceptors (Lipinski definition) is 4. The fourth-order valence-electron chi connectivity index (χ4n) is 2.36. The molecule has 8 heteroatoms. The highest BCUT2D eigenvalue weighted by atomic mass is 35.5. The van der Waals surface area contributed by atoms with Crippen LogP contribution in [0.25, 0.3) is 11.1 Å². The van der Waals surface area contributed by atoms with E-state index in [2.05, 4.69) is 10.1 Å². The lowest BCUT2D eigenvalue weighted by atomic mass is 9.98. The molecule has 0 bridgehead atoms. The third-order valence-corrected chi connectivity index (χ3v) is 3.70. The van der Waals surface area contributed by atoms with E-state index in [4.69, 9.17) is 0 Å². The number of esters is 1. The molecule has 0 spiro atoms. The number of amides is 1. The van der Waals surface area contributed by atoms with Gasteiger partial charge in [0.15, 0.2) is 0 Å². The van der Waals surface area contributed by atoms with Crippen LogP contribution in [0.15, 0.2) is 36.4 Å². The van der Waals surface area contributed by atoms with Crippen LogP contribution in [-0.4, -0.2) is 51.1 Å². The number of halogens is 3. The molecule has 0 aromatic heterocycles. The number of ether oxygens (including phenoxy) is 1. The van der Waals surface area contributed by atoms with Gasteiger partial charge in [-0.3, -0.25) is 4.79 Å². The molecule has 2 aromatic rings. The van der Waals surface area contributed by atoms with Crippen molar-refractivity contribution in [3.63, 3.8) is 0 Å². The molecule has 0 heterocycles. The number of hydrogen-bond donors (Lipinski definition) is 1. The van der Waals surface area contributed by atoms with Gasteiger partial charge in [0.05, 0.1) is 12.7 Å². The molecule has 27 heavy (non-hydrogen) atoms. The largest absolute Gasteiger partial charge is 0.465 e. The molecule has 5 nitrogen and oxygen atoms in total. The molecule has 2 rings (SSSR count). The molecule has 0 atom stereocenters. The summed E-state index contributed by atoms with van der Waals surface area (Å²) in [6.45, 7) is 1.03. The summed E-state index contributed by atoms with van der Waals surface area (Å²) < 4.78 is 32.3. The maximum Gasteiger partial charge on any atom is 0.337 e. The van der Waals surface area contributed by atoms with Crippen LogP contribution in [0.2, 0.25) is 0 Å². The van der Waals surface area contributed by atoms with E-state index < -0.39 is 23.5 Å². The Morgan fingerprint density at radius 3 is 2.37 bits per heavy atom. The van der Waals surface area contributed by atoms with Crippen molar-refractivity contribution in [3.05, 3.63) is 59.2 Å². The third-order valence-electron chi connectivity index (χ3n) is 3.70. The smallest absolute Gasteiger partial charge is 0.337 e. The molecule has 146 valence electrons. The van der Waals surface area contributed by atoms with Gasteiger partial charge in [0.25, 0.3) is 5.91 Å². The van der Waals surface area contributed by atoms with Gasteiger partial charge in [0.2, 0.25) is 0 Å². The number of rotatable bonds is 6. The monoisotopic (exact) mass is 398 g/mol. The zero-order valence-corrected chi connectivity index (χ0v) is 16.0. The highest BCUT2D eigenvalue weighted by Crippen LogP contribution is 2.26. The molecule has 0 radical (unpaired) electrons. The Bertz CT molecular complexity index is 829. The minimum atomic E-state index is -0.675. The van der Waals surface area contributed by atoms with Crippen LogP contribution >= 0.6 is 12.4 Å². The first-order valence-electron chi connectivity index (χ1n) is 7.93. The number of methoxy groups -OCH3 is 1. The standard InChI is InChI=1S/C19H20F2N2O3.ClH/c1-23(2)7-6-22-18(24)13-8-12(9-14(10-13)19(25)26-3)16-11-15(20)4-5-17(16)21;/h4-5,8-11H,6-7H2,1-3H3,(H,22,24);1H. The lowest BCUT2D eigenvalue weighted by Gasteiger charge is -2.12. The summed E-state index contributed by atoms with van der Waals surface area (Å²) in [5, 5.41) is 2.72. The lowest BCUT2D eigenvalue weighted by molar-refractivity contribution is 0.0600. The summed E-state index contributed by atoms with van der Waals surface area (Å²) in [5.74, 6) is -2.38. The van der Waals surface area contributed by atoms with Crippen molar-refractivity contribution in [1.29, 1.82) is 0 Å². The van der Waals surface area contributed by atoms with Gasteiger partial charge in [-0.15, -0.1) is 12.4 Å². The molecule has 0 aliphatic heterocycles. The van der Waals surface area contributed by atoms with Crippen LogP contribution in [0.5, 0.6) is 0 Å². The molecule has 0 unspecified atom stereocenters. The predicted octanol–water partition coefficient (Wildman–Crippen LogP) is 3.13. The van der Waals surface area contributed by atoms with Gasteiger partial charge >= 0.3 is 5.97 Å². The molecule has 0 fully saturated rings. The van der Waals surface area contributed by atoms with Gasteiger partial charge in [-0.2, -0.15) is 0 Å². The number of likely N-dealkylation sites (N-methyl/N-ethyl adjacent to an activating group) is 1. The minimum Gasteiger partial charge on any atom is -0.465 e. The van der Waals surface area contributed by atoms with Crippen LogP contribution < -0.4 is 5.32 Å². The third kappa shape index (κ3) is 6.01. The van der Waals surface area contributed by atoms with Gasteiger partial charge in [-0.25, -0.2) is 13.6 Å². The molecule has 0 aliphatic carbocycles. The van der Waals surface area contributed by atoms with Crippen molar-refractivity contribution in [2.75, 3.05) is 34.3 Å². The van der Waals surface area contributed by atoms with Crippen LogP contribution in [0, 0.1) is 11.6 Å². The van der Waals surface area contributed by atoms with E-state index in [1.54, 1.807) is 0 Å². The molecule has 0 saturated heterocycles. The number of benzene rings is 2. The van der Waals surface area contributed by atoms with Gasteiger partial charge in [0.1, 0.15) is 11.6 Å². The molecular weight excluding hydrogens is 378 g/mol. The summed E-state index contributed by atoms with van der Waals surface area (Å²) in [6.07, 6.45) is 0. The molecule has 1 amide bonds. The predicted molar refractivity (Wildman–Crippen MR) is 101 cm³/mol. The number of nitrogens with one attached hydrogen (secondary N) is 1. The summed E-state index contributed by atoms with van der Waals surface area (Å²) in [6, 6.07) is 7.14. The zero-order chi connectivity index (χ0) is 19.3. The highest BCUT2D eigenvalue weighted by molar-refractivity contribution is 5.99. The topological polar surface area (TPSA) is 58.6 Å². The average Bonchev–Trinajstić information content (AvgIpc) is 2.62. The van der Waals surface area contributed by atoms with E-state index in [-0.39, 0.29) is 34.7 Å². The normalized spacial score (nSPS) is 10.3. The van der Waals surface area contributed by atoms with Crippen LogP contribution in [0.3, 0.4) is 0 Å². The first-order chi connectivity index (χ1) is 12.3. The highest BCUT2D eigenvalue weighted by Gasteiger charge is 2.16. The van der Waals surface area contributed by atoms with Crippen molar-refractivity contribution < 1.29 is 23.1 Å². The fraction of sp³-hybridized carbons (Fsp3) is 0.263. The summed E-state index contributed by atoms with van der Waals surface area (Å²) in [7, 11) is 4.94. The van der Waals surface area contributed by atoms with Crippen LogP contribution in [-0.2, 0) is 4.74 Å². The van der Waals surface area contributed by atoms with Crippen molar-refractivity contribution >= 4 is 24.3 Å². The maximum atomic E-state index is 14.1. The van der Waals surface area contributed by atoms with E-state index in [9.17, 15) is 18.4 Å². The van der Waals surface area contributed by atoms with Crippen LogP contribution in [0.4, 0.5) is 8.78 Å². The maximum absolute atomic E-state index is 14.1. The van der Waals surface area contributed by atoms with E-state index >= 15 is 0 Å². The fourth-order valence-corrected chi connectivity index (χ4v) is 2.36. The van der Waals surface area contributed by atoms with Crippen LogP contribution in [0.1, 0.15) is 20.7 Å².